The molecule has 3 rings (SSSR count). The number of anilines is 1. The van der Waals surface area contributed by atoms with Crippen molar-refractivity contribution >= 4 is 22.8 Å². The van der Waals surface area contributed by atoms with Crippen molar-refractivity contribution < 1.29 is 26.7 Å². The smallest absolute Gasteiger partial charge is 0.325 e. The number of amides is 2. The van der Waals surface area contributed by atoms with Crippen LogP contribution in [0.5, 0.6) is 0 Å². The topological polar surface area (TPSA) is 89.0 Å². The molecule has 2 amide bonds. The van der Waals surface area contributed by atoms with Gasteiger partial charge < -0.3 is 9.45 Å². The summed E-state index contributed by atoms with van der Waals surface area (Å²) in [4.78, 5) is 18.6. The Bertz CT molecular complexity index is 1240. The molecule has 1 aliphatic heterocycles. The maximum absolute atomic E-state index is 13.2. The third-order valence-electron chi connectivity index (χ3n) is 5.02. The molecule has 2 aromatic rings. The minimum absolute atomic E-state index is 0.0130. The quantitative estimate of drug-likeness (QED) is 0.520. The van der Waals surface area contributed by atoms with Gasteiger partial charge in [0, 0.05) is 18.4 Å². The molecular formula is C21H15F3N4O3S. The van der Waals surface area contributed by atoms with Crippen LogP contribution < -0.4 is 4.90 Å². The van der Waals surface area contributed by atoms with Crippen molar-refractivity contribution in [1.29, 1.82) is 5.26 Å². The number of hydrogen-bond donors (Lipinski definition) is 1. The van der Waals surface area contributed by atoms with Crippen molar-refractivity contribution in [2.45, 2.75) is 24.0 Å². The van der Waals surface area contributed by atoms with Crippen LogP contribution in [0.25, 0.3) is 4.85 Å². The van der Waals surface area contributed by atoms with Crippen LogP contribution in [0.15, 0.2) is 58.8 Å². The van der Waals surface area contributed by atoms with Gasteiger partial charge in [-0.2, -0.15) is 18.4 Å². The fraction of sp³-hybridized carbons (Fsp3) is 0.190. The van der Waals surface area contributed by atoms with E-state index in [0.717, 1.165) is 28.0 Å². The Morgan fingerprint density at radius 2 is 1.94 bits per heavy atom. The average molecular weight is 460 g/mol. The van der Waals surface area contributed by atoms with Gasteiger partial charge in [0.25, 0.3) is 0 Å². The number of carbonyl (C=O) groups excluding carboxylic acids is 1. The normalized spacial score (nSPS) is 17.8. The molecule has 1 N–H and O–H groups in total. The first-order valence-corrected chi connectivity index (χ1v) is 10.1. The van der Waals surface area contributed by atoms with E-state index in [0.29, 0.717) is 0 Å². The predicted molar refractivity (Wildman–Crippen MR) is 109 cm³/mol. The molecule has 7 nitrogen and oxygen atoms in total. The number of nitriles is 1. The average Bonchev–Trinajstić information content (AvgIpc) is 2.75. The molecule has 164 valence electrons. The molecule has 0 aliphatic carbocycles. The highest BCUT2D eigenvalue weighted by Gasteiger charge is 2.40. The number of rotatable bonds is 3. The SMILES string of the molecule is [C-]#[N+]C1=C(C)N(c2cccc(C(F)(F)F)c2)C(=O)N(C)[C@@H]1c1ccc(C#N)cc1S(=O)O. The summed E-state index contributed by atoms with van der Waals surface area (Å²) in [5.74, 6) is 0. The number of nitrogens with zero attached hydrogens (tertiary/aromatic N) is 4. The third-order valence-corrected chi connectivity index (χ3v) is 5.75. The van der Waals surface area contributed by atoms with Crippen LogP contribution >= 0.6 is 0 Å². The van der Waals surface area contributed by atoms with Gasteiger partial charge in [0.2, 0.25) is 5.70 Å². The summed E-state index contributed by atoms with van der Waals surface area (Å²) >= 11 is -2.52. The summed E-state index contributed by atoms with van der Waals surface area (Å²) in [7, 11) is 1.34. The molecule has 0 saturated carbocycles. The molecule has 0 bridgehead atoms. The molecule has 2 atom stereocenters. The van der Waals surface area contributed by atoms with Crippen molar-refractivity contribution in [3.63, 3.8) is 0 Å². The zero-order valence-electron chi connectivity index (χ0n) is 16.7. The van der Waals surface area contributed by atoms with Crippen molar-refractivity contribution in [1.82, 2.24) is 4.90 Å². The first-order valence-electron chi connectivity index (χ1n) is 8.98. The molecule has 1 heterocycles. The summed E-state index contributed by atoms with van der Waals surface area (Å²) in [5, 5.41) is 9.08. The molecule has 0 radical (unpaired) electrons. The van der Waals surface area contributed by atoms with E-state index in [4.69, 9.17) is 11.8 Å². The lowest BCUT2D eigenvalue weighted by Crippen LogP contribution is -2.47. The van der Waals surface area contributed by atoms with E-state index in [-0.39, 0.29) is 33.1 Å². The highest BCUT2D eigenvalue weighted by Crippen LogP contribution is 2.41. The highest BCUT2D eigenvalue weighted by atomic mass is 32.2. The number of hydrogen-bond acceptors (Lipinski definition) is 3. The summed E-state index contributed by atoms with van der Waals surface area (Å²) in [6, 6.07) is 8.20. The summed E-state index contributed by atoms with van der Waals surface area (Å²) in [6.45, 7) is 9.07. The molecular weight excluding hydrogens is 445 g/mol. The maximum atomic E-state index is 13.2. The number of halogens is 3. The van der Waals surface area contributed by atoms with Gasteiger partial charge >= 0.3 is 12.2 Å². The number of urea groups is 1. The fourth-order valence-corrected chi connectivity index (χ4v) is 4.12. The van der Waals surface area contributed by atoms with Crippen molar-refractivity contribution in [3.8, 4) is 6.07 Å². The number of likely N-dealkylation sites (N-methyl/N-ethyl adjacent to an activating group) is 1. The predicted octanol–water partition coefficient (Wildman–Crippen LogP) is 4.92. The fourth-order valence-electron chi connectivity index (χ4n) is 3.51. The van der Waals surface area contributed by atoms with Crippen molar-refractivity contribution in [2.24, 2.45) is 0 Å². The Labute approximate surface area is 184 Å². The van der Waals surface area contributed by atoms with E-state index < -0.39 is 34.9 Å². The van der Waals surface area contributed by atoms with E-state index in [9.17, 15) is 26.7 Å². The molecule has 1 aliphatic rings. The zero-order valence-corrected chi connectivity index (χ0v) is 17.5. The molecule has 0 aromatic heterocycles. The number of alkyl halides is 3. The zero-order chi connectivity index (χ0) is 23.8. The van der Waals surface area contributed by atoms with Gasteiger partial charge in [0.15, 0.2) is 11.1 Å². The van der Waals surface area contributed by atoms with Gasteiger partial charge in [-0.25, -0.2) is 13.8 Å². The van der Waals surface area contributed by atoms with Gasteiger partial charge in [-0.1, -0.05) is 12.1 Å². The first-order chi connectivity index (χ1) is 15.0. The standard InChI is InChI=1S/C21H15F3N4O3S/c1-12-18(26-2)19(16-8-7-13(11-25)9-17(16)32(30)31)27(3)20(29)28(12)15-6-4-5-14(10-15)21(22,23)24/h4-10,19H,1,3H3,(H,30,31)/t19-/m1/s1. The largest absolute Gasteiger partial charge is 0.416 e. The Morgan fingerprint density at radius 3 is 2.50 bits per heavy atom. The van der Waals surface area contributed by atoms with E-state index in [2.05, 4.69) is 4.85 Å². The summed E-state index contributed by atoms with van der Waals surface area (Å²) < 4.78 is 61.1. The minimum atomic E-state index is -4.62. The second-order valence-corrected chi connectivity index (χ2v) is 7.81. The summed E-state index contributed by atoms with van der Waals surface area (Å²) in [5.41, 5.74) is -0.664. The van der Waals surface area contributed by atoms with Crippen LogP contribution in [0.4, 0.5) is 23.7 Å². The molecule has 32 heavy (non-hydrogen) atoms. The highest BCUT2D eigenvalue weighted by molar-refractivity contribution is 7.79. The molecule has 0 spiro atoms. The monoisotopic (exact) mass is 460 g/mol. The Hall–Kier alpha value is -3.67. The van der Waals surface area contributed by atoms with Gasteiger partial charge in [0.1, 0.15) is 0 Å². The van der Waals surface area contributed by atoms with Gasteiger partial charge in [-0.05, 0) is 42.8 Å². The van der Waals surface area contributed by atoms with Crippen LogP contribution in [0.3, 0.4) is 0 Å². The maximum Gasteiger partial charge on any atom is 0.416 e. The van der Waals surface area contributed by atoms with Crippen LogP contribution in [-0.2, 0) is 17.3 Å². The molecule has 2 aromatic carbocycles. The lowest BCUT2D eigenvalue weighted by molar-refractivity contribution is -0.137. The van der Waals surface area contributed by atoms with Gasteiger partial charge in [0.05, 0.1) is 34.7 Å². The van der Waals surface area contributed by atoms with Crippen molar-refractivity contribution in [3.05, 3.63) is 82.0 Å². The van der Waals surface area contributed by atoms with Gasteiger partial charge in [-0.3, -0.25) is 4.90 Å². The Balaban J connectivity index is 2.21. The molecule has 0 saturated heterocycles. The number of allylic oxidation sites excluding steroid dienone is 1. The third kappa shape index (κ3) is 3.96. The van der Waals surface area contributed by atoms with Gasteiger partial charge in [-0.15, -0.1) is 0 Å². The minimum Gasteiger partial charge on any atom is -0.325 e. The lowest BCUT2D eigenvalue weighted by Gasteiger charge is -2.40. The Morgan fingerprint density at radius 1 is 1.25 bits per heavy atom. The van der Waals surface area contributed by atoms with Crippen LogP contribution in [0.2, 0.25) is 0 Å². The Kier molecular flexibility index (Phi) is 6.08. The van der Waals surface area contributed by atoms with E-state index in [1.807, 2.05) is 6.07 Å². The molecule has 11 heteroatoms. The van der Waals surface area contributed by atoms with Crippen molar-refractivity contribution in [2.75, 3.05) is 11.9 Å². The second kappa shape index (κ2) is 8.46. The second-order valence-electron chi connectivity index (χ2n) is 6.88. The van der Waals surface area contributed by atoms with E-state index in [1.54, 1.807) is 0 Å². The summed E-state index contributed by atoms with van der Waals surface area (Å²) in [6.07, 6.45) is -4.62. The van der Waals surface area contributed by atoms with E-state index >= 15 is 0 Å². The number of carbonyl (C=O) groups is 1. The first kappa shape index (κ1) is 23.0. The van der Waals surface area contributed by atoms with Crippen LogP contribution in [0.1, 0.15) is 29.7 Å². The van der Waals surface area contributed by atoms with Crippen LogP contribution in [-0.4, -0.2) is 26.7 Å². The molecule has 1 unspecified atom stereocenters. The lowest BCUT2D eigenvalue weighted by atomic mass is 9.97. The van der Waals surface area contributed by atoms with E-state index in [1.165, 1.54) is 38.2 Å². The van der Waals surface area contributed by atoms with Crippen LogP contribution in [0, 0.1) is 17.9 Å². The number of benzene rings is 2. The molecule has 0 fully saturated rings.